The summed E-state index contributed by atoms with van der Waals surface area (Å²) >= 11 is 1.57. The summed E-state index contributed by atoms with van der Waals surface area (Å²) in [6.45, 7) is 4.78. The number of fused-ring (bicyclic) bond motifs is 1. The van der Waals surface area contributed by atoms with Gasteiger partial charge in [-0.1, -0.05) is 25.1 Å². The van der Waals surface area contributed by atoms with Crippen molar-refractivity contribution in [3.05, 3.63) is 35.5 Å². The molecule has 3 nitrogen and oxygen atoms in total. The highest BCUT2D eigenvalue weighted by atomic mass is 32.2. The number of carbonyl (C=O) groups is 1. The van der Waals surface area contributed by atoms with Crippen LogP contribution in [-0.4, -0.2) is 28.9 Å². The van der Waals surface area contributed by atoms with Gasteiger partial charge in [0.2, 0.25) is 5.91 Å². The van der Waals surface area contributed by atoms with E-state index in [1.54, 1.807) is 11.8 Å². The number of benzene rings is 1. The van der Waals surface area contributed by atoms with Crippen molar-refractivity contribution in [2.24, 2.45) is 0 Å². The number of thioether (sulfide) groups is 1. The summed E-state index contributed by atoms with van der Waals surface area (Å²) in [4.78, 5) is 15.1. The van der Waals surface area contributed by atoms with Gasteiger partial charge in [0.15, 0.2) is 0 Å². The number of nitrogens with one attached hydrogen (secondary N) is 2. The molecule has 1 amide bonds. The number of hydrogen-bond donors (Lipinski definition) is 2. The Morgan fingerprint density at radius 1 is 1.40 bits per heavy atom. The molecule has 0 saturated heterocycles. The predicted octanol–water partition coefficient (Wildman–Crippen LogP) is 3.14. The second kappa shape index (κ2) is 6.84. The molecule has 0 radical (unpaired) electrons. The molecule has 0 bridgehead atoms. The van der Waals surface area contributed by atoms with Crippen molar-refractivity contribution in [3.8, 4) is 0 Å². The van der Waals surface area contributed by atoms with Crippen molar-refractivity contribution < 1.29 is 4.79 Å². The molecule has 2 N–H and O–H groups in total. The lowest BCUT2D eigenvalue weighted by molar-refractivity contribution is -0.120. The lowest BCUT2D eigenvalue weighted by Crippen LogP contribution is -2.32. The first-order valence-corrected chi connectivity index (χ1v) is 8.34. The molecule has 1 heterocycles. The number of amides is 1. The molecule has 1 aromatic carbocycles. The van der Waals surface area contributed by atoms with Crippen LogP contribution in [0.4, 0.5) is 0 Å². The van der Waals surface area contributed by atoms with Crippen LogP contribution in [0.1, 0.15) is 25.0 Å². The summed E-state index contributed by atoms with van der Waals surface area (Å²) in [6, 6.07) is 6.41. The van der Waals surface area contributed by atoms with Gasteiger partial charge in [-0.05, 0) is 37.1 Å². The number of carbonyl (C=O) groups excluding carboxylic acids is 1. The van der Waals surface area contributed by atoms with Crippen LogP contribution in [0.25, 0.3) is 10.9 Å². The molecule has 0 fully saturated rings. The maximum Gasteiger partial charge on any atom is 0.232 e. The maximum absolute atomic E-state index is 11.7. The van der Waals surface area contributed by atoms with Crippen LogP contribution in [-0.2, 0) is 17.6 Å². The van der Waals surface area contributed by atoms with E-state index in [1.165, 1.54) is 22.0 Å². The molecule has 2 aromatic rings. The molecule has 108 valence electrons. The minimum absolute atomic E-state index is 0.0182. The Morgan fingerprint density at radius 3 is 2.90 bits per heavy atom. The van der Waals surface area contributed by atoms with Crippen molar-refractivity contribution in [2.75, 3.05) is 12.8 Å². The molecule has 1 atom stereocenters. The Hall–Kier alpha value is -1.42. The minimum Gasteiger partial charge on any atom is -0.361 e. The molecule has 0 aliphatic carbocycles. The van der Waals surface area contributed by atoms with Gasteiger partial charge in [0, 0.05) is 23.6 Å². The molecule has 0 spiro atoms. The van der Waals surface area contributed by atoms with Gasteiger partial charge in [-0.15, -0.1) is 0 Å². The quantitative estimate of drug-likeness (QED) is 0.858. The van der Waals surface area contributed by atoms with E-state index in [2.05, 4.69) is 41.6 Å². The van der Waals surface area contributed by atoms with Crippen LogP contribution in [0.3, 0.4) is 0 Å². The Bertz CT molecular complexity index is 591. The van der Waals surface area contributed by atoms with Crippen LogP contribution in [0.15, 0.2) is 24.4 Å². The van der Waals surface area contributed by atoms with E-state index in [0.717, 1.165) is 12.8 Å². The van der Waals surface area contributed by atoms with Crippen molar-refractivity contribution in [2.45, 2.75) is 31.9 Å². The molecule has 1 aromatic heterocycles. The highest BCUT2D eigenvalue weighted by Gasteiger charge is 2.11. The first-order valence-electron chi connectivity index (χ1n) is 7.05. The molecule has 2 rings (SSSR count). The van der Waals surface area contributed by atoms with Gasteiger partial charge < -0.3 is 10.3 Å². The smallest absolute Gasteiger partial charge is 0.232 e. The third-order valence-corrected chi connectivity index (χ3v) is 4.61. The van der Waals surface area contributed by atoms with E-state index >= 15 is 0 Å². The molecule has 0 saturated carbocycles. The van der Waals surface area contributed by atoms with Gasteiger partial charge in [0.25, 0.3) is 0 Å². The van der Waals surface area contributed by atoms with E-state index in [0.29, 0.717) is 6.54 Å². The maximum atomic E-state index is 11.7. The van der Waals surface area contributed by atoms with Gasteiger partial charge in [0.1, 0.15) is 0 Å². The molecule has 0 aliphatic heterocycles. The Morgan fingerprint density at radius 2 is 2.20 bits per heavy atom. The Kier molecular flexibility index (Phi) is 5.12. The lowest BCUT2D eigenvalue weighted by Gasteiger charge is -2.09. The normalized spacial score (nSPS) is 12.6. The number of hydrogen-bond acceptors (Lipinski definition) is 2. The average molecular weight is 290 g/mol. The Labute approximate surface area is 124 Å². The lowest BCUT2D eigenvalue weighted by atomic mass is 10.1. The van der Waals surface area contributed by atoms with Crippen molar-refractivity contribution in [1.29, 1.82) is 0 Å². The summed E-state index contributed by atoms with van der Waals surface area (Å²) in [6.07, 6.45) is 5.91. The highest BCUT2D eigenvalue weighted by molar-refractivity contribution is 7.99. The van der Waals surface area contributed by atoms with Crippen molar-refractivity contribution in [3.63, 3.8) is 0 Å². The number of aromatic nitrogens is 1. The molecular weight excluding hydrogens is 268 g/mol. The zero-order chi connectivity index (χ0) is 14.5. The standard InChI is InChI=1S/C16H22N2OS/c1-4-12-6-5-7-14-13(10-18-15(12)14)8-9-17-16(19)11(2)20-3/h5-7,10-11,18H,4,8-9H2,1-3H3,(H,17,19). The monoisotopic (exact) mass is 290 g/mol. The molecule has 1 unspecified atom stereocenters. The summed E-state index contributed by atoms with van der Waals surface area (Å²) in [5.74, 6) is 0.117. The van der Waals surface area contributed by atoms with E-state index in [9.17, 15) is 4.79 Å². The summed E-state index contributed by atoms with van der Waals surface area (Å²) < 4.78 is 0. The van der Waals surface area contributed by atoms with Crippen molar-refractivity contribution >= 4 is 28.6 Å². The first-order chi connectivity index (χ1) is 9.67. The molecule has 0 aliphatic rings. The van der Waals surface area contributed by atoms with Gasteiger partial charge in [-0.3, -0.25) is 4.79 Å². The molecular formula is C16H22N2OS. The number of rotatable bonds is 6. The van der Waals surface area contributed by atoms with Crippen LogP contribution in [0, 0.1) is 0 Å². The zero-order valence-corrected chi connectivity index (χ0v) is 13.1. The van der Waals surface area contributed by atoms with E-state index in [4.69, 9.17) is 0 Å². The molecule has 20 heavy (non-hydrogen) atoms. The van der Waals surface area contributed by atoms with Gasteiger partial charge in [-0.2, -0.15) is 11.8 Å². The number of para-hydroxylation sites is 1. The fraction of sp³-hybridized carbons (Fsp3) is 0.438. The topological polar surface area (TPSA) is 44.9 Å². The number of H-pyrrole nitrogens is 1. The summed E-state index contributed by atoms with van der Waals surface area (Å²) in [5, 5.41) is 4.28. The third kappa shape index (κ3) is 3.18. The molecule has 4 heteroatoms. The van der Waals surface area contributed by atoms with E-state index in [1.807, 2.05) is 13.2 Å². The highest BCUT2D eigenvalue weighted by Crippen LogP contribution is 2.22. The van der Waals surface area contributed by atoms with Crippen molar-refractivity contribution in [1.82, 2.24) is 10.3 Å². The second-order valence-electron chi connectivity index (χ2n) is 4.93. The fourth-order valence-electron chi connectivity index (χ4n) is 2.35. The van der Waals surface area contributed by atoms with Gasteiger partial charge >= 0.3 is 0 Å². The van der Waals surface area contributed by atoms with E-state index < -0.39 is 0 Å². The zero-order valence-electron chi connectivity index (χ0n) is 12.3. The summed E-state index contributed by atoms with van der Waals surface area (Å²) in [5.41, 5.74) is 3.84. The average Bonchev–Trinajstić information content (AvgIpc) is 2.89. The largest absolute Gasteiger partial charge is 0.361 e. The summed E-state index contributed by atoms with van der Waals surface area (Å²) in [7, 11) is 0. The van der Waals surface area contributed by atoms with Crippen LogP contribution >= 0.6 is 11.8 Å². The Balaban J connectivity index is 2.02. The van der Waals surface area contributed by atoms with Gasteiger partial charge in [-0.25, -0.2) is 0 Å². The fourth-order valence-corrected chi connectivity index (χ4v) is 2.65. The first kappa shape index (κ1) is 15.0. The minimum atomic E-state index is 0.0182. The second-order valence-corrected chi connectivity index (χ2v) is 6.10. The SMILES string of the molecule is CCc1cccc2c(CCNC(=O)C(C)SC)c[nH]c12. The van der Waals surface area contributed by atoms with Crippen LogP contribution < -0.4 is 5.32 Å². The predicted molar refractivity (Wildman–Crippen MR) is 87.4 cm³/mol. The van der Waals surface area contributed by atoms with Gasteiger partial charge in [0.05, 0.1) is 5.25 Å². The number of aromatic amines is 1. The van der Waals surface area contributed by atoms with Crippen LogP contribution in [0.5, 0.6) is 0 Å². The third-order valence-electron chi connectivity index (χ3n) is 3.68. The number of aryl methyl sites for hydroxylation is 1. The van der Waals surface area contributed by atoms with Crippen LogP contribution in [0.2, 0.25) is 0 Å². The van der Waals surface area contributed by atoms with E-state index in [-0.39, 0.29) is 11.2 Å².